The summed E-state index contributed by atoms with van der Waals surface area (Å²) in [5, 5.41) is 0.984. The number of pyridine rings is 1. The smallest absolute Gasteiger partial charge is 0.0630 e. The average Bonchev–Trinajstić information content (AvgIpc) is 2.12. The van der Waals surface area contributed by atoms with E-state index in [4.69, 9.17) is 5.73 Å². The van der Waals surface area contributed by atoms with Gasteiger partial charge >= 0.3 is 0 Å². The monoisotopic (exact) mass is 240 g/mol. The van der Waals surface area contributed by atoms with E-state index in [1.165, 1.54) is 0 Å². The first-order chi connectivity index (χ1) is 6.24. The van der Waals surface area contributed by atoms with E-state index >= 15 is 0 Å². The Morgan fingerprint density at radius 1 is 1.62 bits per heavy atom. The van der Waals surface area contributed by atoms with Crippen LogP contribution >= 0.6 is 15.9 Å². The number of rotatable bonds is 3. The standard InChI is InChI=1S/C10H13BrN2/c1-8-6-9(4-2-3-5-11)13-7-10(8)12/h2,4,6-7H,3,5,12H2,1H3. The Bertz CT molecular complexity index is 308. The first-order valence-corrected chi connectivity index (χ1v) is 5.31. The lowest BCUT2D eigenvalue weighted by atomic mass is 10.2. The Morgan fingerprint density at radius 3 is 3.00 bits per heavy atom. The zero-order chi connectivity index (χ0) is 9.68. The van der Waals surface area contributed by atoms with Crippen LogP contribution in [0.4, 0.5) is 5.69 Å². The minimum Gasteiger partial charge on any atom is -0.397 e. The molecule has 1 heterocycles. The average molecular weight is 241 g/mol. The first kappa shape index (κ1) is 10.3. The predicted octanol–water partition coefficient (Wildman–Crippen LogP) is 2.77. The number of hydrogen-bond donors (Lipinski definition) is 1. The molecule has 0 spiro atoms. The van der Waals surface area contributed by atoms with Crippen molar-refractivity contribution in [3.63, 3.8) is 0 Å². The highest BCUT2D eigenvalue weighted by atomic mass is 79.9. The Balaban J connectivity index is 2.73. The summed E-state index contributed by atoms with van der Waals surface area (Å²) in [6.07, 6.45) is 6.81. The molecule has 1 aromatic rings. The second-order valence-electron chi connectivity index (χ2n) is 2.85. The molecule has 0 amide bonds. The van der Waals surface area contributed by atoms with E-state index in [-0.39, 0.29) is 0 Å². The molecule has 13 heavy (non-hydrogen) atoms. The zero-order valence-corrected chi connectivity index (χ0v) is 9.21. The Hall–Kier alpha value is -0.830. The van der Waals surface area contributed by atoms with Crippen molar-refractivity contribution in [3.05, 3.63) is 29.6 Å². The van der Waals surface area contributed by atoms with Crippen LogP contribution in [0.1, 0.15) is 17.7 Å². The van der Waals surface area contributed by atoms with Crippen LogP contribution in [0.25, 0.3) is 6.08 Å². The fourth-order valence-corrected chi connectivity index (χ4v) is 1.21. The molecule has 0 aliphatic heterocycles. The van der Waals surface area contributed by atoms with Crippen molar-refractivity contribution in [3.8, 4) is 0 Å². The minimum atomic E-state index is 0.748. The van der Waals surface area contributed by atoms with E-state index in [0.29, 0.717) is 0 Å². The summed E-state index contributed by atoms with van der Waals surface area (Å²) < 4.78 is 0. The largest absolute Gasteiger partial charge is 0.397 e. The Morgan fingerprint density at radius 2 is 2.38 bits per heavy atom. The van der Waals surface area contributed by atoms with Gasteiger partial charge in [-0.2, -0.15) is 0 Å². The molecule has 0 atom stereocenters. The van der Waals surface area contributed by atoms with Gasteiger partial charge in [-0.15, -0.1) is 0 Å². The maximum absolute atomic E-state index is 5.65. The van der Waals surface area contributed by atoms with Crippen LogP contribution in [0.5, 0.6) is 0 Å². The summed E-state index contributed by atoms with van der Waals surface area (Å²) in [4.78, 5) is 4.18. The molecule has 2 nitrogen and oxygen atoms in total. The Kier molecular flexibility index (Phi) is 3.96. The van der Waals surface area contributed by atoms with Crippen molar-refractivity contribution in [2.45, 2.75) is 13.3 Å². The van der Waals surface area contributed by atoms with Crippen molar-refractivity contribution in [2.24, 2.45) is 0 Å². The quantitative estimate of drug-likeness (QED) is 0.826. The van der Waals surface area contributed by atoms with Crippen LogP contribution in [0.3, 0.4) is 0 Å². The number of alkyl halides is 1. The first-order valence-electron chi connectivity index (χ1n) is 4.18. The van der Waals surface area contributed by atoms with Gasteiger partial charge in [0.1, 0.15) is 0 Å². The van der Waals surface area contributed by atoms with Crippen LogP contribution in [0.2, 0.25) is 0 Å². The van der Waals surface area contributed by atoms with Gasteiger partial charge in [-0.25, -0.2) is 0 Å². The summed E-state index contributed by atoms with van der Waals surface area (Å²) in [6, 6.07) is 1.99. The highest BCUT2D eigenvalue weighted by Gasteiger charge is 1.93. The third-order valence-corrected chi connectivity index (χ3v) is 2.19. The van der Waals surface area contributed by atoms with Gasteiger partial charge in [0.05, 0.1) is 17.6 Å². The van der Waals surface area contributed by atoms with E-state index in [0.717, 1.165) is 28.7 Å². The Labute approximate surface area is 87.0 Å². The molecule has 0 aromatic carbocycles. The summed E-state index contributed by atoms with van der Waals surface area (Å²) >= 11 is 3.36. The highest BCUT2D eigenvalue weighted by Crippen LogP contribution is 2.10. The van der Waals surface area contributed by atoms with Crippen LogP contribution in [-0.2, 0) is 0 Å². The van der Waals surface area contributed by atoms with Gasteiger partial charge in [0.2, 0.25) is 0 Å². The molecule has 0 aliphatic rings. The topological polar surface area (TPSA) is 38.9 Å². The second kappa shape index (κ2) is 5.02. The molecule has 0 aliphatic carbocycles. The second-order valence-corrected chi connectivity index (χ2v) is 3.64. The molecule has 3 heteroatoms. The van der Waals surface area contributed by atoms with Crippen LogP contribution in [0, 0.1) is 6.92 Å². The van der Waals surface area contributed by atoms with Gasteiger partial charge in [-0.3, -0.25) is 4.98 Å². The fourth-order valence-electron chi connectivity index (χ4n) is 0.947. The van der Waals surface area contributed by atoms with E-state index in [2.05, 4.69) is 27.0 Å². The van der Waals surface area contributed by atoms with Gasteiger partial charge in [0.15, 0.2) is 0 Å². The third kappa shape index (κ3) is 3.19. The molecule has 0 fully saturated rings. The number of nitrogen functional groups attached to an aromatic ring is 1. The molecule has 1 aromatic heterocycles. The van der Waals surface area contributed by atoms with Gasteiger partial charge in [-0.05, 0) is 31.1 Å². The summed E-state index contributed by atoms with van der Waals surface area (Å²) in [5.41, 5.74) is 8.44. The number of hydrogen-bond acceptors (Lipinski definition) is 2. The SMILES string of the molecule is Cc1cc(C=CCCBr)ncc1N. The van der Waals surface area contributed by atoms with E-state index < -0.39 is 0 Å². The molecule has 0 saturated heterocycles. The zero-order valence-electron chi connectivity index (χ0n) is 7.63. The summed E-state index contributed by atoms with van der Waals surface area (Å²) in [7, 11) is 0. The van der Waals surface area contributed by atoms with Crippen LogP contribution < -0.4 is 5.73 Å². The minimum absolute atomic E-state index is 0.748. The maximum Gasteiger partial charge on any atom is 0.0630 e. The van der Waals surface area contributed by atoms with Crippen LogP contribution in [-0.4, -0.2) is 10.3 Å². The molecule has 0 radical (unpaired) electrons. The number of aromatic nitrogens is 1. The number of nitrogens with zero attached hydrogens (tertiary/aromatic N) is 1. The van der Waals surface area contributed by atoms with Gasteiger partial charge in [0, 0.05) is 5.33 Å². The molecule has 0 unspecified atom stereocenters. The van der Waals surface area contributed by atoms with Crippen molar-refractivity contribution in [2.75, 3.05) is 11.1 Å². The van der Waals surface area contributed by atoms with Gasteiger partial charge in [0.25, 0.3) is 0 Å². The van der Waals surface area contributed by atoms with Crippen LogP contribution in [0.15, 0.2) is 18.3 Å². The molecular formula is C10H13BrN2. The normalized spacial score (nSPS) is 10.9. The molecule has 1 rings (SSSR count). The van der Waals surface area contributed by atoms with E-state index in [1.54, 1.807) is 6.20 Å². The van der Waals surface area contributed by atoms with Gasteiger partial charge in [-0.1, -0.05) is 22.0 Å². The molecule has 2 N–H and O–H groups in total. The highest BCUT2D eigenvalue weighted by molar-refractivity contribution is 9.09. The van der Waals surface area contributed by atoms with E-state index in [1.807, 2.05) is 19.1 Å². The third-order valence-electron chi connectivity index (χ3n) is 1.74. The predicted molar refractivity (Wildman–Crippen MR) is 60.8 cm³/mol. The number of nitrogens with two attached hydrogens (primary N) is 1. The molecule has 0 bridgehead atoms. The van der Waals surface area contributed by atoms with Crippen molar-refractivity contribution in [1.29, 1.82) is 0 Å². The number of halogens is 1. The summed E-state index contributed by atoms with van der Waals surface area (Å²) in [5.74, 6) is 0. The lowest BCUT2D eigenvalue weighted by Crippen LogP contribution is -1.92. The van der Waals surface area contributed by atoms with Crippen molar-refractivity contribution >= 4 is 27.7 Å². The van der Waals surface area contributed by atoms with Crippen molar-refractivity contribution < 1.29 is 0 Å². The fraction of sp³-hybridized carbons (Fsp3) is 0.300. The molecule has 70 valence electrons. The number of aryl methyl sites for hydroxylation is 1. The molecular weight excluding hydrogens is 228 g/mol. The van der Waals surface area contributed by atoms with E-state index in [9.17, 15) is 0 Å². The molecule has 0 saturated carbocycles. The summed E-state index contributed by atoms with van der Waals surface area (Å²) in [6.45, 7) is 1.98. The lowest BCUT2D eigenvalue weighted by molar-refractivity contribution is 1.24. The number of anilines is 1. The lowest BCUT2D eigenvalue weighted by Gasteiger charge is -1.99. The number of allylic oxidation sites excluding steroid dienone is 1. The van der Waals surface area contributed by atoms with Gasteiger partial charge < -0.3 is 5.73 Å². The maximum atomic E-state index is 5.65. The van der Waals surface area contributed by atoms with Crippen molar-refractivity contribution in [1.82, 2.24) is 4.98 Å².